The van der Waals surface area contributed by atoms with Gasteiger partial charge in [0.15, 0.2) is 0 Å². The molecule has 2 aromatic rings. The molecular formula is C15H16N2O2. The standard InChI is InChI=1S/C15H16N2O2/c16-13-9-19-8-12(13)15(18)17-14-7-3-5-10-4-1-2-6-11(10)14/h1-7,12-13H,8-9,16H2,(H,17,18). The Balaban J connectivity index is 1.87. The molecule has 0 bridgehead atoms. The average molecular weight is 256 g/mol. The topological polar surface area (TPSA) is 64.3 Å². The molecule has 0 spiro atoms. The predicted octanol–water partition coefficient (Wildman–Crippen LogP) is 1.75. The number of benzene rings is 2. The summed E-state index contributed by atoms with van der Waals surface area (Å²) in [5, 5.41) is 5.10. The summed E-state index contributed by atoms with van der Waals surface area (Å²) in [6.45, 7) is 0.853. The van der Waals surface area contributed by atoms with Crippen LogP contribution in [-0.2, 0) is 9.53 Å². The zero-order valence-electron chi connectivity index (χ0n) is 10.5. The number of nitrogens with two attached hydrogens (primary N) is 1. The van der Waals surface area contributed by atoms with Crippen molar-refractivity contribution in [1.82, 2.24) is 0 Å². The van der Waals surface area contributed by atoms with Crippen LogP contribution in [-0.4, -0.2) is 25.2 Å². The van der Waals surface area contributed by atoms with Crippen molar-refractivity contribution in [3.63, 3.8) is 0 Å². The van der Waals surface area contributed by atoms with Gasteiger partial charge < -0.3 is 15.8 Å². The van der Waals surface area contributed by atoms with Crippen molar-refractivity contribution in [3.05, 3.63) is 42.5 Å². The smallest absolute Gasteiger partial charge is 0.231 e. The number of carbonyl (C=O) groups is 1. The molecule has 0 saturated carbocycles. The van der Waals surface area contributed by atoms with Crippen LogP contribution >= 0.6 is 0 Å². The Kier molecular flexibility index (Phi) is 3.19. The summed E-state index contributed by atoms with van der Waals surface area (Å²) in [6, 6.07) is 13.6. The van der Waals surface area contributed by atoms with Crippen LogP contribution in [0.2, 0.25) is 0 Å². The van der Waals surface area contributed by atoms with Gasteiger partial charge in [0.1, 0.15) is 0 Å². The van der Waals surface area contributed by atoms with Gasteiger partial charge in [0, 0.05) is 17.1 Å². The number of nitrogens with one attached hydrogen (secondary N) is 1. The van der Waals surface area contributed by atoms with Gasteiger partial charge in [-0.25, -0.2) is 0 Å². The number of amides is 1. The van der Waals surface area contributed by atoms with E-state index < -0.39 is 0 Å². The minimum Gasteiger partial charge on any atom is -0.379 e. The quantitative estimate of drug-likeness (QED) is 0.860. The minimum atomic E-state index is -0.265. The monoisotopic (exact) mass is 256 g/mol. The first kappa shape index (κ1) is 12.1. The highest BCUT2D eigenvalue weighted by Gasteiger charge is 2.31. The molecule has 2 unspecified atom stereocenters. The van der Waals surface area contributed by atoms with Gasteiger partial charge in [-0.3, -0.25) is 4.79 Å². The highest BCUT2D eigenvalue weighted by molar-refractivity contribution is 6.03. The second-order valence-corrected chi connectivity index (χ2v) is 4.82. The largest absolute Gasteiger partial charge is 0.379 e. The first-order chi connectivity index (χ1) is 9.25. The van der Waals surface area contributed by atoms with Gasteiger partial charge in [0.25, 0.3) is 0 Å². The molecule has 0 radical (unpaired) electrons. The van der Waals surface area contributed by atoms with Crippen molar-refractivity contribution < 1.29 is 9.53 Å². The van der Waals surface area contributed by atoms with E-state index in [1.54, 1.807) is 0 Å². The van der Waals surface area contributed by atoms with Crippen LogP contribution in [0, 0.1) is 5.92 Å². The Labute approximate surface area is 111 Å². The normalized spacial score (nSPS) is 22.6. The number of fused-ring (bicyclic) bond motifs is 1. The van der Waals surface area contributed by atoms with Crippen LogP contribution in [0.15, 0.2) is 42.5 Å². The zero-order chi connectivity index (χ0) is 13.2. The van der Waals surface area contributed by atoms with Crippen molar-refractivity contribution in [2.45, 2.75) is 6.04 Å². The van der Waals surface area contributed by atoms with E-state index in [-0.39, 0.29) is 17.9 Å². The van der Waals surface area contributed by atoms with Gasteiger partial charge in [-0.05, 0) is 11.5 Å². The predicted molar refractivity (Wildman–Crippen MR) is 74.9 cm³/mol. The van der Waals surface area contributed by atoms with Gasteiger partial charge in [0.2, 0.25) is 5.91 Å². The third kappa shape index (κ3) is 2.32. The van der Waals surface area contributed by atoms with Crippen molar-refractivity contribution in [1.29, 1.82) is 0 Å². The fourth-order valence-corrected chi connectivity index (χ4v) is 2.40. The lowest BCUT2D eigenvalue weighted by molar-refractivity contribution is -0.120. The molecule has 0 aliphatic carbocycles. The van der Waals surface area contributed by atoms with Crippen LogP contribution in [0.5, 0.6) is 0 Å². The second-order valence-electron chi connectivity index (χ2n) is 4.82. The molecule has 0 aromatic heterocycles. The lowest BCUT2D eigenvalue weighted by Crippen LogP contribution is -2.37. The number of anilines is 1. The van der Waals surface area contributed by atoms with Crippen LogP contribution in [0.4, 0.5) is 5.69 Å². The molecule has 3 rings (SSSR count). The molecule has 3 N–H and O–H groups in total. The summed E-state index contributed by atoms with van der Waals surface area (Å²) < 4.78 is 5.23. The van der Waals surface area contributed by atoms with E-state index in [1.807, 2.05) is 42.5 Å². The Hall–Kier alpha value is -1.91. The van der Waals surface area contributed by atoms with Crippen molar-refractivity contribution in [3.8, 4) is 0 Å². The number of rotatable bonds is 2. The number of hydrogen-bond acceptors (Lipinski definition) is 3. The molecule has 1 amide bonds. The van der Waals surface area contributed by atoms with Gasteiger partial charge >= 0.3 is 0 Å². The summed E-state index contributed by atoms with van der Waals surface area (Å²) in [4.78, 5) is 12.2. The summed E-state index contributed by atoms with van der Waals surface area (Å²) >= 11 is 0. The van der Waals surface area contributed by atoms with E-state index >= 15 is 0 Å². The van der Waals surface area contributed by atoms with Crippen LogP contribution in [0.25, 0.3) is 10.8 Å². The molecule has 4 nitrogen and oxygen atoms in total. The third-order valence-corrected chi connectivity index (χ3v) is 3.51. The molecule has 1 heterocycles. The fraction of sp³-hybridized carbons (Fsp3) is 0.267. The molecule has 19 heavy (non-hydrogen) atoms. The third-order valence-electron chi connectivity index (χ3n) is 3.51. The summed E-state index contributed by atoms with van der Waals surface area (Å²) in [5.74, 6) is -0.333. The zero-order valence-corrected chi connectivity index (χ0v) is 10.5. The Bertz CT molecular complexity index is 607. The number of hydrogen-bond donors (Lipinski definition) is 2. The SMILES string of the molecule is NC1COCC1C(=O)Nc1cccc2ccccc12. The van der Waals surface area contributed by atoms with Crippen molar-refractivity contribution in [2.24, 2.45) is 11.7 Å². The van der Waals surface area contributed by atoms with E-state index in [0.717, 1.165) is 16.5 Å². The molecule has 1 saturated heterocycles. The molecule has 2 atom stereocenters. The average Bonchev–Trinajstić information content (AvgIpc) is 2.85. The van der Waals surface area contributed by atoms with Crippen LogP contribution in [0.1, 0.15) is 0 Å². The minimum absolute atomic E-state index is 0.0682. The maximum atomic E-state index is 12.2. The maximum Gasteiger partial charge on any atom is 0.231 e. The second kappa shape index (κ2) is 4.99. The molecule has 2 aromatic carbocycles. The van der Waals surface area contributed by atoms with E-state index in [4.69, 9.17) is 10.5 Å². The fourth-order valence-electron chi connectivity index (χ4n) is 2.40. The first-order valence-electron chi connectivity index (χ1n) is 6.37. The number of carbonyl (C=O) groups excluding carboxylic acids is 1. The molecule has 98 valence electrons. The Morgan fingerprint density at radius 1 is 1.16 bits per heavy atom. The maximum absolute atomic E-state index is 12.2. The summed E-state index contributed by atoms with van der Waals surface area (Å²) in [7, 11) is 0. The first-order valence-corrected chi connectivity index (χ1v) is 6.37. The van der Waals surface area contributed by atoms with E-state index in [9.17, 15) is 4.79 Å². The molecular weight excluding hydrogens is 240 g/mol. The highest BCUT2D eigenvalue weighted by atomic mass is 16.5. The van der Waals surface area contributed by atoms with Crippen LogP contribution < -0.4 is 11.1 Å². The Morgan fingerprint density at radius 3 is 2.74 bits per heavy atom. The van der Waals surface area contributed by atoms with E-state index in [1.165, 1.54) is 0 Å². The van der Waals surface area contributed by atoms with E-state index in [0.29, 0.717) is 13.2 Å². The van der Waals surface area contributed by atoms with Crippen molar-refractivity contribution >= 4 is 22.4 Å². The van der Waals surface area contributed by atoms with Gasteiger partial charge in [-0.2, -0.15) is 0 Å². The van der Waals surface area contributed by atoms with Crippen molar-refractivity contribution in [2.75, 3.05) is 18.5 Å². The van der Waals surface area contributed by atoms with Gasteiger partial charge in [0.05, 0.1) is 19.1 Å². The van der Waals surface area contributed by atoms with Crippen LogP contribution in [0.3, 0.4) is 0 Å². The molecule has 1 fully saturated rings. The number of ether oxygens (including phenoxy) is 1. The Morgan fingerprint density at radius 2 is 1.95 bits per heavy atom. The summed E-state index contributed by atoms with van der Waals surface area (Å²) in [6.07, 6.45) is 0. The highest BCUT2D eigenvalue weighted by Crippen LogP contribution is 2.24. The van der Waals surface area contributed by atoms with Gasteiger partial charge in [-0.15, -0.1) is 0 Å². The van der Waals surface area contributed by atoms with E-state index in [2.05, 4.69) is 5.32 Å². The molecule has 4 heteroatoms. The molecule has 1 aliphatic rings. The van der Waals surface area contributed by atoms with Gasteiger partial charge in [-0.1, -0.05) is 36.4 Å². The molecule has 1 aliphatic heterocycles. The lowest BCUT2D eigenvalue weighted by atomic mass is 10.0. The summed E-state index contributed by atoms with van der Waals surface area (Å²) in [5.41, 5.74) is 6.68. The lowest BCUT2D eigenvalue weighted by Gasteiger charge is -2.14.